The SMILES string of the molecule is CN1C(=O)CC[C@@]2(C)C1CC[C@@H]1[C@H]2CC[C@]2(C)C(NC(=O)C(C)(C)O)CC[C@@H]12. The van der Waals surface area contributed by atoms with E-state index < -0.39 is 5.60 Å². The van der Waals surface area contributed by atoms with E-state index in [1.165, 1.54) is 19.3 Å². The van der Waals surface area contributed by atoms with Crippen molar-refractivity contribution in [3.8, 4) is 0 Å². The Labute approximate surface area is 169 Å². The molecule has 2 N–H and O–H groups in total. The molecular weight excluding hydrogens is 352 g/mol. The van der Waals surface area contributed by atoms with Crippen LogP contribution in [-0.2, 0) is 9.59 Å². The molecule has 0 spiro atoms. The van der Waals surface area contributed by atoms with Gasteiger partial charge in [-0.05, 0) is 87.4 Å². The van der Waals surface area contributed by atoms with Crippen molar-refractivity contribution in [2.45, 2.75) is 96.7 Å². The topological polar surface area (TPSA) is 69.6 Å². The molecule has 28 heavy (non-hydrogen) atoms. The number of piperidine rings is 1. The van der Waals surface area contributed by atoms with Crippen LogP contribution in [0, 0.1) is 28.6 Å². The van der Waals surface area contributed by atoms with Crippen LogP contribution >= 0.6 is 0 Å². The Hall–Kier alpha value is -1.10. The van der Waals surface area contributed by atoms with Gasteiger partial charge in [0, 0.05) is 25.6 Å². The van der Waals surface area contributed by atoms with Crippen LogP contribution in [0.25, 0.3) is 0 Å². The van der Waals surface area contributed by atoms with Gasteiger partial charge in [-0.2, -0.15) is 0 Å². The van der Waals surface area contributed by atoms with Gasteiger partial charge in [-0.3, -0.25) is 9.59 Å². The normalized spacial score (nSPS) is 45.9. The molecule has 0 bridgehead atoms. The molecule has 0 radical (unpaired) electrons. The van der Waals surface area contributed by atoms with Gasteiger partial charge < -0.3 is 15.3 Å². The number of nitrogens with zero attached hydrogens (tertiary/aromatic N) is 1. The van der Waals surface area contributed by atoms with Crippen molar-refractivity contribution in [1.82, 2.24) is 10.2 Å². The van der Waals surface area contributed by atoms with E-state index in [0.29, 0.717) is 36.1 Å². The minimum Gasteiger partial charge on any atom is -0.381 e. The molecule has 0 aromatic heterocycles. The summed E-state index contributed by atoms with van der Waals surface area (Å²) in [5.74, 6) is 2.09. The van der Waals surface area contributed by atoms with Crippen molar-refractivity contribution < 1.29 is 14.7 Å². The monoisotopic (exact) mass is 390 g/mol. The van der Waals surface area contributed by atoms with Crippen LogP contribution < -0.4 is 5.32 Å². The van der Waals surface area contributed by atoms with Gasteiger partial charge >= 0.3 is 0 Å². The second-order valence-corrected chi connectivity index (χ2v) is 11.2. The van der Waals surface area contributed by atoms with E-state index >= 15 is 0 Å². The summed E-state index contributed by atoms with van der Waals surface area (Å²) in [4.78, 5) is 26.8. The first-order valence-electron chi connectivity index (χ1n) is 11.3. The first-order chi connectivity index (χ1) is 13.0. The maximum atomic E-state index is 12.4. The van der Waals surface area contributed by atoms with Gasteiger partial charge in [-0.25, -0.2) is 0 Å². The molecule has 0 aromatic carbocycles. The third kappa shape index (κ3) is 2.83. The molecule has 2 amide bonds. The lowest BCUT2D eigenvalue weighted by atomic mass is 9.47. The highest BCUT2D eigenvalue weighted by Crippen LogP contribution is 2.64. The largest absolute Gasteiger partial charge is 0.381 e. The van der Waals surface area contributed by atoms with E-state index in [2.05, 4.69) is 24.1 Å². The lowest BCUT2D eigenvalue weighted by Crippen LogP contribution is -2.62. The number of amides is 2. The zero-order valence-corrected chi connectivity index (χ0v) is 18.3. The van der Waals surface area contributed by atoms with E-state index in [9.17, 15) is 14.7 Å². The van der Waals surface area contributed by atoms with Gasteiger partial charge in [0.25, 0.3) is 5.91 Å². The fourth-order valence-electron chi connectivity index (χ4n) is 7.72. The molecule has 3 saturated carbocycles. The number of nitrogens with one attached hydrogen (secondary N) is 1. The zero-order chi connectivity index (χ0) is 20.5. The summed E-state index contributed by atoms with van der Waals surface area (Å²) in [6, 6.07) is 0.560. The van der Waals surface area contributed by atoms with Crippen molar-refractivity contribution >= 4 is 11.8 Å². The summed E-state index contributed by atoms with van der Waals surface area (Å²) >= 11 is 0. The molecule has 1 saturated heterocycles. The molecule has 2 unspecified atom stereocenters. The second kappa shape index (κ2) is 6.45. The van der Waals surface area contributed by atoms with E-state index in [0.717, 1.165) is 25.7 Å². The molecule has 4 aliphatic rings. The highest BCUT2D eigenvalue weighted by atomic mass is 16.3. The average molecular weight is 391 g/mol. The summed E-state index contributed by atoms with van der Waals surface area (Å²) in [6.45, 7) is 7.96. The van der Waals surface area contributed by atoms with Crippen molar-refractivity contribution in [3.63, 3.8) is 0 Å². The van der Waals surface area contributed by atoms with Crippen molar-refractivity contribution in [2.75, 3.05) is 7.05 Å². The van der Waals surface area contributed by atoms with Gasteiger partial charge in [0.15, 0.2) is 0 Å². The summed E-state index contributed by atoms with van der Waals surface area (Å²) in [6.07, 6.45) is 8.57. The van der Waals surface area contributed by atoms with Crippen LogP contribution in [0.5, 0.6) is 0 Å². The lowest BCUT2D eigenvalue weighted by molar-refractivity contribution is -0.158. The molecule has 4 fully saturated rings. The Morgan fingerprint density at radius 3 is 2.43 bits per heavy atom. The summed E-state index contributed by atoms with van der Waals surface area (Å²) in [5.41, 5.74) is -0.959. The molecule has 3 aliphatic carbocycles. The van der Waals surface area contributed by atoms with Crippen molar-refractivity contribution in [1.29, 1.82) is 0 Å². The number of hydrogen-bond acceptors (Lipinski definition) is 3. The highest BCUT2D eigenvalue weighted by molar-refractivity contribution is 5.84. The summed E-state index contributed by atoms with van der Waals surface area (Å²) in [5, 5.41) is 13.3. The number of rotatable bonds is 2. The first kappa shape index (κ1) is 20.2. The molecule has 7 atom stereocenters. The number of likely N-dealkylation sites (tertiary alicyclic amines) is 1. The molecule has 4 rings (SSSR count). The highest BCUT2D eigenvalue weighted by Gasteiger charge is 2.61. The molecular formula is C23H38N2O3. The van der Waals surface area contributed by atoms with Crippen LogP contribution in [0.2, 0.25) is 0 Å². The van der Waals surface area contributed by atoms with Crippen LogP contribution in [0.3, 0.4) is 0 Å². The van der Waals surface area contributed by atoms with Crippen molar-refractivity contribution in [2.24, 2.45) is 28.6 Å². The van der Waals surface area contributed by atoms with E-state index in [1.807, 2.05) is 7.05 Å². The lowest BCUT2D eigenvalue weighted by Gasteiger charge is -2.61. The van der Waals surface area contributed by atoms with E-state index in [-0.39, 0.29) is 22.8 Å². The van der Waals surface area contributed by atoms with Gasteiger partial charge in [0.1, 0.15) is 5.60 Å². The third-order valence-corrected chi connectivity index (χ3v) is 9.42. The first-order valence-corrected chi connectivity index (χ1v) is 11.3. The van der Waals surface area contributed by atoms with E-state index in [4.69, 9.17) is 0 Å². The quantitative estimate of drug-likeness (QED) is 0.761. The third-order valence-electron chi connectivity index (χ3n) is 9.42. The average Bonchev–Trinajstić information content (AvgIpc) is 2.94. The number of hydrogen-bond donors (Lipinski definition) is 2. The summed E-state index contributed by atoms with van der Waals surface area (Å²) in [7, 11) is 2.01. The van der Waals surface area contributed by atoms with Gasteiger partial charge in [-0.15, -0.1) is 0 Å². The number of carbonyl (C=O) groups excluding carboxylic acids is 2. The molecule has 5 heteroatoms. The van der Waals surface area contributed by atoms with Gasteiger partial charge in [0.05, 0.1) is 0 Å². The second-order valence-electron chi connectivity index (χ2n) is 11.2. The van der Waals surface area contributed by atoms with Crippen LogP contribution in [0.1, 0.15) is 79.1 Å². The molecule has 158 valence electrons. The molecule has 5 nitrogen and oxygen atoms in total. The van der Waals surface area contributed by atoms with Crippen molar-refractivity contribution in [3.05, 3.63) is 0 Å². The van der Waals surface area contributed by atoms with Crippen LogP contribution in [0.4, 0.5) is 0 Å². The molecule has 0 aromatic rings. The number of carbonyl (C=O) groups is 2. The fourth-order valence-corrected chi connectivity index (χ4v) is 7.72. The van der Waals surface area contributed by atoms with Crippen LogP contribution in [0.15, 0.2) is 0 Å². The predicted octanol–water partition coefficient (Wildman–Crippen LogP) is 3.11. The Morgan fingerprint density at radius 2 is 1.75 bits per heavy atom. The molecule has 1 heterocycles. The van der Waals surface area contributed by atoms with Crippen LogP contribution in [-0.4, -0.2) is 46.6 Å². The maximum Gasteiger partial charge on any atom is 0.251 e. The summed E-state index contributed by atoms with van der Waals surface area (Å²) < 4.78 is 0. The number of fused-ring (bicyclic) bond motifs is 5. The smallest absolute Gasteiger partial charge is 0.251 e. The Bertz CT molecular complexity index is 671. The Balaban J connectivity index is 1.55. The van der Waals surface area contributed by atoms with Gasteiger partial charge in [-0.1, -0.05) is 13.8 Å². The maximum absolute atomic E-state index is 12.4. The fraction of sp³-hybridized carbons (Fsp3) is 0.913. The minimum absolute atomic E-state index is 0.127. The zero-order valence-electron chi connectivity index (χ0n) is 18.3. The standard InChI is InChI=1S/C23H38N2O3/c1-21(2,28)20(27)24-17-8-7-15-14-6-9-18-23(4,13-11-19(26)25(18)5)16(14)10-12-22(15,17)3/h14-18,28H,6-13H2,1-5H3,(H,24,27)/t14-,15-,16+,17?,18?,22-,23+/m0/s1. The van der Waals surface area contributed by atoms with Gasteiger partial charge in [0.2, 0.25) is 5.91 Å². The molecule has 1 aliphatic heterocycles. The minimum atomic E-state index is -1.32. The number of aliphatic hydroxyl groups is 1. The Kier molecular flexibility index (Phi) is 4.65. The van der Waals surface area contributed by atoms with E-state index in [1.54, 1.807) is 13.8 Å². The predicted molar refractivity (Wildman–Crippen MR) is 108 cm³/mol. The Morgan fingerprint density at radius 1 is 1.07 bits per heavy atom.